The number of carbonyl (C=O) groups excluding carboxylic acids is 1. The first-order valence-corrected chi connectivity index (χ1v) is 5.01. The normalized spacial score (nSPS) is 28.3. The Labute approximate surface area is 80.4 Å². The molecular weight excluding hydrogens is 162 g/mol. The van der Waals surface area contributed by atoms with Crippen molar-refractivity contribution in [2.75, 3.05) is 0 Å². The number of hydrogen-bond acceptors (Lipinski definition) is 1. The Balaban J connectivity index is 2.79. The monoisotopic (exact) mass is 181 g/mol. The summed E-state index contributed by atoms with van der Waals surface area (Å²) in [5.41, 5.74) is 0. The summed E-state index contributed by atoms with van der Waals surface area (Å²) in [4.78, 5) is 11.1. The first kappa shape index (κ1) is 10.3. The molecule has 1 rings (SSSR count). The van der Waals surface area contributed by atoms with Gasteiger partial charge in [0.2, 0.25) is 5.91 Å². The third-order valence-corrected chi connectivity index (χ3v) is 2.68. The summed E-state index contributed by atoms with van der Waals surface area (Å²) in [6.07, 6.45) is 3.71. The van der Waals surface area contributed by atoms with Gasteiger partial charge in [-0.1, -0.05) is 33.8 Å². The van der Waals surface area contributed by atoms with E-state index in [-0.39, 0.29) is 5.91 Å². The highest BCUT2D eigenvalue weighted by atomic mass is 16.1. The van der Waals surface area contributed by atoms with Crippen molar-refractivity contribution in [2.45, 2.75) is 33.7 Å². The molecular formula is C11H19NO. The smallest absolute Gasteiger partial charge is 0.243 e. The maximum absolute atomic E-state index is 11.1. The molecule has 13 heavy (non-hydrogen) atoms. The van der Waals surface area contributed by atoms with E-state index in [0.717, 1.165) is 0 Å². The molecule has 0 aromatic carbocycles. The molecule has 0 aromatic heterocycles. The molecule has 2 unspecified atom stereocenters. The van der Waals surface area contributed by atoms with Gasteiger partial charge < -0.3 is 5.32 Å². The minimum Gasteiger partial charge on any atom is -0.349 e. The Morgan fingerprint density at radius 2 is 1.85 bits per heavy atom. The Morgan fingerprint density at radius 3 is 2.31 bits per heavy atom. The third-order valence-electron chi connectivity index (χ3n) is 2.68. The van der Waals surface area contributed by atoms with E-state index in [1.165, 1.54) is 0 Å². The van der Waals surface area contributed by atoms with Crippen LogP contribution in [0.1, 0.15) is 27.7 Å². The van der Waals surface area contributed by atoms with Crippen LogP contribution in [0.25, 0.3) is 0 Å². The van der Waals surface area contributed by atoms with Crippen LogP contribution in [0.15, 0.2) is 12.2 Å². The largest absolute Gasteiger partial charge is 0.349 e. The quantitative estimate of drug-likeness (QED) is 0.693. The van der Waals surface area contributed by atoms with E-state index in [1.807, 2.05) is 6.08 Å². The van der Waals surface area contributed by atoms with Crippen molar-refractivity contribution in [2.24, 2.45) is 17.8 Å². The second-order valence-electron chi connectivity index (χ2n) is 4.46. The topological polar surface area (TPSA) is 29.1 Å². The van der Waals surface area contributed by atoms with Gasteiger partial charge in [0.15, 0.2) is 0 Å². The van der Waals surface area contributed by atoms with Crippen molar-refractivity contribution in [1.29, 1.82) is 0 Å². The molecule has 0 saturated carbocycles. The van der Waals surface area contributed by atoms with Gasteiger partial charge in [0.05, 0.1) is 0 Å². The van der Waals surface area contributed by atoms with Crippen LogP contribution in [0.4, 0.5) is 0 Å². The highest BCUT2D eigenvalue weighted by Gasteiger charge is 2.28. The van der Waals surface area contributed by atoms with E-state index in [0.29, 0.717) is 23.8 Å². The van der Waals surface area contributed by atoms with Crippen molar-refractivity contribution in [3.8, 4) is 0 Å². The van der Waals surface area contributed by atoms with Crippen LogP contribution in [-0.4, -0.2) is 11.9 Å². The molecule has 74 valence electrons. The van der Waals surface area contributed by atoms with Gasteiger partial charge >= 0.3 is 0 Å². The lowest BCUT2D eigenvalue weighted by atomic mass is 9.81. The van der Waals surface area contributed by atoms with Gasteiger partial charge in [-0.05, 0) is 17.9 Å². The Bertz CT molecular complexity index is 218. The summed E-state index contributed by atoms with van der Waals surface area (Å²) >= 11 is 0. The van der Waals surface area contributed by atoms with Crippen LogP contribution in [0, 0.1) is 17.8 Å². The van der Waals surface area contributed by atoms with Crippen molar-refractivity contribution in [1.82, 2.24) is 5.32 Å². The number of carbonyl (C=O) groups is 1. The minimum absolute atomic E-state index is 0.0515. The molecule has 0 spiro atoms. The van der Waals surface area contributed by atoms with Crippen molar-refractivity contribution >= 4 is 5.91 Å². The second kappa shape index (κ2) is 3.95. The molecule has 2 atom stereocenters. The van der Waals surface area contributed by atoms with Gasteiger partial charge in [0.25, 0.3) is 0 Å². The average Bonchev–Trinajstić information content (AvgIpc) is 2.03. The Morgan fingerprint density at radius 1 is 1.23 bits per heavy atom. The number of rotatable bonds is 2. The average molecular weight is 181 g/mol. The molecule has 2 heteroatoms. The van der Waals surface area contributed by atoms with Crippen LogP contribution in [0.3, 0.4) is 0 Å². The molecule has 0 aromatic rings. The zero-order valence-electron chi connectivity index (χ0n) is 8.87. The van der Waals surface area contributed by atoms with Gasteiger partial charge in [0.1, 0.15) is 0 Å². The molecule has 1 heterocycles. The first-order chi connectivity index (χ1) is 6.02. The molecule has 0 aliphatic carbocycles. The summed E-state index contributed by atoms with van der Waals surface area (Å²) in [7, 11) is 0. The Kier molecular flexibility index (Phi) is 3.12. The summed E-state index contributed by atoms with van der Waals surface area (Å²) in [6.45, 7) is 8.70. The van der Waals surface area contributed by atoms with Crippen molar-refractivity contribution in [3.63, 3.8) is 0 Å². The Hall–Kier alpha value is -0.790. The fourth-order valence-corrected chi connectivity index (χ4v) is 1.87. The van der Waals surface area contributed by atoms with E-state index in [4.69, 9.17) is 0 Å². The molecule has 1 amide bonds. The highest BCUT2D eigenvalue weighted by Crippen LogP contribution is 2.24. The molecule has 1 N–H and O–H groups in total. The van der Waals surface area contributed by atoms with Gasteiger partial charge in [0, 0.05) is 12.0 Å². The number of nitrogens with one attached hydrogen (secondary N) is 1. The first-order valence-electron chi connectivity index (χ1n) is 5.01. The number of amides is 1. The van der Waals surface area contributed by atoms with Gasteiger partial charge in [-0.2, -0.15) is 0 Å². The fraction of sp³-hybridized carbons (Fsp3) is 0.727. The molecule has 0 radical (unpaired) electrons. The summed E-state index contributed by atoms with van der Waals surface area (Å²) in [6, 6.07) is 0.303. The van der Waals surface area contributed by atoms with Crippen molar-refractivity contribution in [3.05, 3.63) is 12.2 Å². The SMILES string of the molecule is CC(C)C1C=CC(=O)NC1C(C)C. The fourth-order valence-electron chi connectivity index (χ4n) is 1.87. The lowest BCUT2D eigenvalue weighted by Gasteiger charge is -2.34. The summed E-state index contributed by atoms with van der Waals surface area (Å²) < 4.78 is 0. The lowest BCUT2D eigenvalue weighted by Crippen LogP contribution is -2.47. The van der Waals surface area contributed by atoms with E-state index < -0.39 is 0 Å². The van der Waals surface area contributed by atoms with Gasteiger partial charge in [-0.3, -0.25) is 4.79 Å². The zero-order valence-corrected chi connectivity index (χ0v) is 8.87. The molecule has 2 nitrogen and oxygen atoms in total. The van der Waals surface area contributed by atoms with Gasteiger partial charge in [-0.25, -0.2) is 0 Å². The second-order valence-corrected chi connectivity index (χ2v) is 4.46. The van der Waals surface area contributed by atoms with Crippen LogP contribution < -0.4 is 5.32 Å². The van der Waals surface area contributed by atoms with Crippen LogP contribution in [0.2, 0.25) is 0 Å². The van der Waals surface area contributed by atoms with E-state index in [1.54, 1.807) is 6.08 Å². The van der Waals surface area contributed by atoms with Crippen molar-refractivity contribution < 1.29 is 4.79 Å². The van der Waals surface area contributed by atoms with E-state index in [9.17, 15) is 4.79 Å². The zero-order chi connectivity index (χ0) is 10.0. The maximum Gasteiger partial charge on any atom is 0.243 e. The molecule has 1 aliphatic heterocycles. The van der Waals surface area contributed by atoms with Gasteiger partial charge in [-0.15, -0.1) is 0 Å². The standard InChI is InChI=1S/C11H19NO/c1-7(2)9-5-6-10(13)12-11(9)8(3)4/h5-9,11H,1-4H3,(H,12,13). The molecule has 0 fully saturated rings. The lowest BCUT2D eigenvalue weighted by molar-refractivity contribution is -0.118. The highest BCUT2D eigenvalue weighted by molar-refractivity contribution is 5.88. The summed E-state index contributed by atoms with van der Waals surface area (Å²) in [5.74, 6) is 1.62. The predicted molar refractivity (Wildman–Crippen MR) is 54.2 cm³/mol. The number of hydrogen-bond donors (Lipinski definition) is 1. The van der Waals surface area contributed by atoms with Crippen LogP contribution in [-0.2, 0) is 4.79 Å². The maximum atomic E-state index is 11.1. The molecule has 0 saturated heterocycles. The minimum atomic E-state index is 0.0515. The van der Waals surface area contributed by atoms with E-state index >= 15 is 0 Å². The van der Waals surface area contributed by atoms with E-state index in [2.05, 4.69) is 33.0 Å². The molecule has 0 bridgehead atoms. The molecule has 1 aliphatic rings. The summed E-state index contributed by atoms with van der Waals surface area (Å²) in [5, 5.41) is 3.02. The predicted octanol–water partition coefficient (Wildman–Crippen LogP) is 1.97. The van der Waals surface area contributed by atoms with Crippen LogP contribution >= 0.6 is 0 Å². The third kappa shape index (κ3) is 2.33. The van der Waals surface area contributed by atoms with Crippen LogP contribution in [0.5, 0.6) is 0 Å².